The van der Waals surface area contributed by atoms with Crippen molar-refractivity contribution in [2.24, 2.45) is 11.3 Å². The Bertz CT molecular complexity index is 914. The van der Waals surface area contributed by atoms with E-state index < -0.39 is 11.6 Å². The molecule has 1 unspecified atom stereocenters. The van der Waals surface area contributed by atoms with Crippen molar-refractivity contribution >= 4 is 18.0 Å². The summed E-state index contributed by atoms with van der Waals surface area (Å²) in [6.45, 7) is 8.21. The number of nitrogens with zero attached hydrogens (tertiary/aromatic N) is 2. The fourth-order valence-electron chi connectivity index (χ4n) is 4.73. The van der Waals surface area contributed by atoms with Crippen molar-refractivity contribution in [3.05, 3.63) is 29.3 Å². The number of hydrogen-bond acceptors (Lipinski definition) is 6. The molecule has 8 heteroatoms. The summed E-state index contributed by atoms with van der Waals surface area (Å²) in [7, 11) is 1.35. The zero-order valence-electron chi connectivity index (χ0n) is 19.3. The molecule has 32 heavy (non-hydrogen) atoms. The molecule has 0 bridgehead atoms. The van der Waals surface area contributed by atoms with Crippen LogP contribution in [0.5, 0.6) is 5.75 Å². The van der Waals surface area contributed by atoms with Crippen LogP contribution >= 0.6 is 0 Å². The molecule has 4 rings (SSSR count). The molecule has 8 nitrogen and oxygen atoms in total. The molecule has 3 aliphatic rings. The van der Waals surface area contributed by atoms with E-state index in [1.807, 2.05) is 31.7 Å². The normalized spacial score (nSPS) is 21.8. The van der Waals surface area contributed by atoms with Crippen LogP contribution in [0.15, 0.2) is 18.2 Å². The van der Waals surface area contributed by atoms with E-state index in [0.29, 0.717) is 44.1 Å². The van der Waals surface area contributed by atoms with Gasteiger partial charge in [0.25, 0.3) is 0 Å². The topological polar surface area (TPSA) is 85.4 Å². The maximum atomic E-state index is 13.3. The number of hydrogen-bond donors (Lipinski definition) is 0. The van der Waals surface area contributed by atoms with E-state index >= 15 is 0 Å². The number of carbonyl (C=O) groups excluding carboxylic acids is 3. The Morgan fingerprint density at radius 1 is 1.09 bits per heavy atom. The third-order valence-electron chi connectivity index (χ3n) is 6.68. The first-order chi connectivity index (χ1) is 15.1. The number of ether oxygens (including phenoxy) is 3. The first-order valence-corrected chi connectivity index (χ1v) is 11.2. The second-order valence-electron chi connectivity index (χ2n) is 10.0. The molecule has 1 spiro atoms. The molecule has 1 aliphatic carbocycles. The van der Waals surface area contributed by atoms with E-state index in [4.69, 9.17) is 14.2 Å². The Balaban J connectivity index is 1.36. The fraction of sp³-hybridized carbons (Fsp3) is 0.625. The lowest BCUT2D eigenvalue weighted by atomic mass is 9.90. The SMILES string of the molecule is COC(=O)c1ccc2c(c1)OCCN(C(=O)C1CC13CCN(C(=O)OC(C)(C)C)CC3)C2. The number of piperidine rings is 1. The summed E-state index contributed by atoms with van der Waals surface area (Å²) in [6.07, 6.45) is 2.25. The summed E-state index contributed by atoms with van der Waals surface area (Å²) in [4.78, 5) is 41.1. The minimum Gasteiger partial charge on any atom is -0.491 e. The van der Waals surface area contributed by atoms with Gasteiger partial charge in [-0.2, -0.15) is 0 Å². The van der Waals surface area contributed by atoms with Crippen molar-refractivity contribution in [1.82, 2.24) is 9.80 Å². The van der Waals surface area contributed by atoms with Gasteiger partial charge in [-0.3, -0.25) is 4.79 Å². The Hall–Kier alpha value is -2.77. The van der Waals surface area contributed by atoms with Crippen LogP contribution in [0.1, 0.15) is 56.0 Å². The molecule has 0 radical (unpaired) electrons. The van der Waals surface area contributed by atoms with Crippen LogP contribution in [0.25, 0.3) is 0 Å². The fourth-order valence-corrected chi connectivity index (χ4v) is 4.73. The first kappa shape index (κ1) is 22.4. The Morgan fingerprint density at radius 2 is 1.81 bits per heavy atom. The van der Waals surface area contributed by atoms with Gasteiger partial charge in [0.15, 0.2) is 0 Å². The highest BCUT2D eigenvalue weighted by atomic mass is 16.6. The number of rotatable bonds is 2. The Kier molecular flexibility index (Phi) is 5.81. The number of esters is 1. The van der Waals surface area contributed by atoms with Crippen molar-refractivity contribution < 1.29 is 28.6 Å². The molecule has 0 N–H and O–H groups in total. The standard InChI is InChI=1S/C24H32N2O6/c1-23(2,3)32-22(29)25-9-7-24(8-10-25)14-18(24)20(27)26-11-12-31-19-13-16(21(28)30-4)5-6-17(19)15-26/h5-6,13,18H,7-12,14-15H2,1-4H3. The Labute approximate surface area is 188 Å². The molecule has 1 aromatic carbocycles. The van der Waals surface area contributed by atoms with Crippen LogP contribution < -0.4 is 4.74 Å². The van der Waals surface area contributed by atoms with E-state index in [9.17, 15) is 14.4 Å². The quantitative estimate of drug-likeness (QED) is 0.651. The van der Waals surface area contributed by atoms with Gasteiger partial charge in [0, 0.05) is 31.1 Å². The van der Waals surface area contributed by atoms with Gasteiger partial charge in [-0.05, 0) is 57.6 Å². The molecule has 2 heterocycles. The van der Waals surface area contributed by atoms with Gasteiger partial charge in [-0.25, -0.2) is 9.59 Å². The lowest BCUT2D eigenvalue weighted by Crippen LogP contribution is -2.43. The van der Waals surface area contributed by atoms with Crippen LogP contribution in [0, 0.1) is 11.3 Å². The minimum absolute atomic E-state index is 0.000326. The third kappa shape index (κ3) is 4.54. The van der Waals surface area contributed by atoms with E-state index in [1.165, 1.54) is 7.11 Å². The number of benzene rings is 1. The summed E-state index contributed by atoms with van der Waals surface area (Å²) in [5.41, 5.74) is 0.815. The van der Waals surface area contributed by atoms with Crippen LogP contribution in [0.3, 0.4) is 0 Å². The van der Waals surface area contributed by atoms with Crippen molar-refractivity contribution in [2.75, 3.05) is 33.4 Å². The monoisotopic (exact) mass is 444 g/mol. The molecule has 1 aromatic rings. The lowest BCUT2D eigenvalue weighted by Gasteiger charge is -2.34. The molecular formula is C24H32N2O6. The predicted octanol–water partition coefficient (Wildman–Crippen LogP) is 3.23. The number of carbonyl (C=O) groups is 3. The molecule has 0 aromatic heterocycles. The van der Waals surface area contributed by atoms with Crippen LogP contribution in [0.2, 0.25) is 0 Å². The third-order valence-corrected chi connectivity index (χ3v) is 6.68. The van der Waals surface area contributed by atoms with Gasteiger partial charge in [-0.1, -0.05) is 6.07 Å². The number of methoxy groups -OCH3 is 1. The minimum atomic E-state index is -0.507. The second kappa shape index (κ2) is 8.30. The highest BCUT2D eigenvalue weighted by Crippen LogP contribution is 2.60. The maximum Gasteiger partial charge on any atom is 0.410 e. The zero-order chi connectivity index (χ0) is 23.1. The molecule has 2 aliphatic heterocycles. The average molecular weight is 445 g/mol. The summed E-state index contributed by atoms with van der Waals surface area (Å²) in [6, 6.07) is 5.21. The van der Waals surface area contributed by atoms with Gasteiger partial charge in [-0.15, -0.1) is 0 Å². The molecule has 174 valence electrons. The van der Waals surface area contributed by atoms with Gasteiger partial charge in [0.1, 0.15) is 18.0 Å². The van der Waals surface area contributed by atoms with Crippen molar-refractivity contribution in [2.45, 2.75) is 52.2 Å². The summed E-state index contributed by atoms with van der Waals surface area (Å²) in [5.74, 6) is 0.369. The van der Waals surface area contributed by atoms with Crippen LogP contribution in [-0.2, 0) is 20.8 Å². The summed E-state index contributed by atoms with van der Waals surface area (Å²) in [5, 5.41) is 0. The summed E-state index contributed by atoms with van der Waals surface area (Å²) >= 11 is 0. The molecule has 1 saturated carbocycles. The highest BCUT2D eigenvalue weighted by molar-refractivity contribution is 5.90. The van der Waals surface area contributed by atoms with Crippen LogP contribution in [-0.4, -0.2) is 66.7 Å². The predicted molar refractivity (Wildman–Crippen MR) is 116 cm³/mol. The van der Waals surface area contributed by atoms with Crippen molar-refractivity contribution in [3.63, 3.8) is 0 Å². The Morgan fingerprint density at radius 3 is 2.47 bits per heavy atom. The van der Waals surface area contributed by atoms with Crippen LogP contribution in [0.4, 0.5) is 4.79 Å². The molecule has 1 saturated heterocycles. The average Bonchev–Trinajstić information content (AvgIpc) is 3.49. The smallest absolute Gasteiger partial charge is 0.410 e. The van der Waals surface area contributed by atoms with Gasteiger partial charge >= 0.3 is 12.1 Å². The molecule has 1 atom stereocenters. The van der Waals surface area contributed by atoms with E-state index in [0.717, 1.165) is 24.8 Å². The number of fused-ring (bicyclic) bond motifs is 1. The van der Waals surface area contributed by atoms with Gasteiger partial charge < -0.3 is 24.0 Å². The van der Waals surface area contributed by atoms with Gasteiger partial charge in [0.2, 0.25) is 5.91 Å². The second-order valence-corrected chi connectivity index (χ2v) is 10.0. The van der Waals surface area contributed by atoms with Gasteiger partial charge in [0.05, 0.1) is 19.2 Å². The van der Waals surface area contributed by atoms with Crippen molar-refractivity contribution in [1.29, 1.82) is 0 Å². The van der Waals surface area contributed by atoms with E-state index in [1.54, 1.807) is 17.0 Å². The largest absolute Gasteiger partial charge is 0.491 e. The highest BCUT2D eigenvalue weighted by Gasteiger charge is 2.59. The maximum absolute atomic E-state index is 13.3. The van der Waals surface area contributed by atoms with Crippen molar-refractivity contribution in [3.8, 4) is 5.75 Å². The molecular weight excluding hydrogens is 412 g/mol. The lowest BCUT2D eigenvalue weighted by molar-refractivity contribution is -0.134. The first-order valence-electron chi connectivity index (χ1n) is 11.2. The zero-order valence-corrected chi connectivity index (χ0v) is 19.3. The molecule has 2 amide bonds. The van der Waals surface area contributed by atoms with E-state index in [2.05, 4.69) is 0 Å². The summed E-state index contributed by atoms with van der Waals surface area (Å²) < 4.78 is 16.1. The van der Waals surface area contributed by atoms with E-state index in [-0.39, 0.29) is 23.3 Å². The number of amides is 2. The molecule has 2 fully saturated rings. The number of likely N-dealkylation sites (tertiary alicyclic amines) is 1.